The zero-order valence-electron chi connectivity index (χ0n) is 11.6. The number of hydrogen-bond donors (Lipinski definition) is 2. The van der Waals surface area contributed by atoms with Crippen LogP contribution in [0.1, 0.15) is 20.8 Å². The normalized spacial score (nSPS) is 12.4. The van der Waals surface area contributed by atoms with Crippen molar-refractivity contribution in [2.45, 2.75) is 38.5 Å². The molecule has 0 saturated carbocycles. The van der Waals surface area contributed by atoms with Gasteiger partial charge in [0.1, 0.15) is 0 Å². The summed E-state index contributed by atoms with van der Waals surface area (Å²) < 4.78 is 1.72. The van der Waals surface area contributed by atoms with Crippen molar-refractivity contribution in [3.05, 3.63) is 12.7 Å². The fraction of sp³-hybridized carbons (Fsp3) is 0.583. The van der Waals surface area contributed by atoms with E-state index in [4.69, 9.17) is 5.73 Å². The molecule has 0 aliphatic rings. The smallest absolute Gasteiger partial charge is 0.230 e. The van der Waals surface area contributed by atoms with Gasteiger partial charge in [-0.2, -0.15) is 0 Å². The molecule has 7 heteroatoms. The standard InChI is InChI=1S/C12H21N5OS/c1-5-6-17-11(13)15-16-12(17)19-7-10(18)14-9(4)8(2)3/h5,8-9H,1,6-7H2,2-4H3,(H2,13,15)(H,14,18). The molecule has 1 unspecified atom stereocenters. The minimum Gasteiger partial charge on any atom is -0.368 e. The molecule has 0 aromatic carbocycles. The van der Waals surface area contributed by atoms with E-state index in [-0.39, 0.29) is 11.9 Å². The number of thioether (sulfide) groups is 1. The van der Waals surface area contributed by atoms with E-state index in [1.54, 1.807) is 10.6 Å². The van der Waals surface area contributed by atoms with Gasteiger partial charge in [-0.3, -0.25) is 9.36 Å². The van der Waals surface area contributed by atoms with Gasteiger partial charge in [-0.25, -0.2) is 0 Å². The Labute approximate surface area is 117 Å². The molecule has 1 heterocycles. The Morgan fingerprint density at radius 1 is 1.53 bits per heavy atom. The van der Waals surface area contributed by atoms with E-state index in [9.17, 15) is 4.79 Å². The van der Waals surface area contributed by atoms with Gasteiger partial charge in [0.15, 0.2) is 5.16 Å². The third-order valence-electron chi connectivity index (χ3n) is 2.78. The van der Waals surface area contributed by atoms with Gasteiger partial charge in [0.25, 0.3) is 0 Å². The van der Waals surface area contributed by atoms with E-state index in [1.807, 2.05) is 6.92 Å². The van der Waals surface area contributed by atoms with Crippen LogP contribution in [-0.2, 0) is 11.3 Å². The molecule has 1 rings (SSSR count). The SMILES string of the molecule is C=CCn1c(N)nnc1SCC(=O)NC(C)C(C)C. The van der Waals surface area contributed by atoms with Crippen LogP contribution in [0.4, 0.5) is 5.95 Å². The minimum absolute atomic E-state index is 0.0158. The summed E-state index contributed by atoms with van der Waals surface area (Å²) in [5.41, 5.74) is 5.68. The maximum absolute atomic E-state index is 11.8. The molecule has 1 aromatic heterocycles. The Balaban J connectivity index is 2.52. The second-order valence-corrected chi connectivity index (χ2v) is 5.57. The lowest BCUT2D eigenvalue weighted by Crippen LogP contribution is -2.37. The molecule has 0 fully saturated rings. The lowest BCUT2D eigenvalue weighted by Gasteiger charge is -2.17. The molecule has 1 aromatic rings. The van der Waals surface area contributed by atoms with Gasteiger partial charge in [0.2, 0.25) is 11.9 Å². The van der Waals surface area contributed by atoms with Crippen molar-refractivity contribution >= 4 is 23.6 Å². The number of hydrogen-bond acceptors (Lipinski definition) is 5. The van der Waals surface area contributed by atoms with Crippen LogP contribution in [0, 0.1) is 5.92 Å². The number of nitrogens with zero attached hydrogens (tertiary/aromatic N) is 3. The summed E-state index contributed by atoms with van der Waals surface area (Å²) in [5.74, 6) is 1.03. The average Bonchev–Trinajstić information content (AvgIpc) is 2.69. The summed E-state index contributed by atoms with van der Waals surface area (Å²) in [5, 5.41) is 11.3. The molecule has 6 nitrogen and oxygen atoms in total. The fourth-order valence-electron chi connectivity index (χ4n) is 1.30. The average molecular weight is 283 g/mol. The van der Waals surface area contributed by atoms with Crippen LogP contribution in [0.5, 0.6) is 0 Å². The molecular formula is C12H21N5OS. The first-order valence-corrected chi connectivity index (χ1v) is 7.16. The lowest BCUT2D eigenvalue weighted by atomic mass is 10.1. The Morgan fingerprint density at radius 2 is 2.21 bits per heavy atom. The van der Waals surface area contributed by atoms with Crippen LogP contribution < -0.4 is 11.1 Å². The van der Waals surface area contributed by atoms with Gasteiger partial charge in [0, 0.05) is 12.6 Å². The quantitative estimate of drug-likeness (QED) is 0.582. The predicted octanol–water partition coefficient (Wildman–Crippen LogP) is 1.30. The Bertz CT molecular complexity index is 443. The van der Waals surface area contributed by atoms with Crippen LogP contribution >= 0.6 is 11.8 Å². The minimum atomic E-state index is -0.0158. The molecule has 19 heavy (non-hydrogen) atoms. The van der Waals surface area contributed by atoms with E-state index < -0.39 is 0 Å². The van der Waals surface area contributed by atoms with Crippen molar-refractivity contribution in [3.63, 3.8) is 0 Å². The number of aromatic nitrogens is 3. The lowest BCUT2D eigenvalue weighted by molar-refractivity contribution is -0.119. The first-order valence-electron chi connectivity index (χ1n) is 6.17. The van der Waals surface area contributed by atoms with Crippen LogP contribution in [0.15, 0.2) is 17.8 Å². The molecule has 0 aliphatic carbocycles. The summed E-state index contributed by atoms with van der Waals surface area (Å²) in [6.07, 6.45) is 1.71. The second kappa shape index (κ2) is 7.18. The molecule has 3 N–H and O–H groups in total. The zero-order chi connectivity index (χ0) is 14.4. The Morgan fingerprint density at radius 3 is 2.79 bits per heavy atom. The van der Waals surface area contributed by atoms with E-state index >= 15 is 0 Å². The third kappa shape index (κ3) is 4.59. The number of anilines is 1. The second-order valence-electron chi connectivity index (χ2n) is 4.63. The van der Waals surface area contributed by atoms with Gasteiger partial charge >= 0.3 is 0 Å². The number of carbonyl (C=O) groups is 1. The highest BCUT2D eigenvalue weighted by atomic mass is 32.2. The van der Waals surface area contributed by atoms with Gasteiger partial charge < -0.3 is 11.1 Å². The number of nitrogen functional groups attached to an aromatic ring is 1. The zero-order valence-corrected chi connectivity index (χ0v) is 12.4. The number of allylic oxidation sites excluding steroid dienone is 1. The Kier molecular flexibility index (Phi) is 5.88. The van der Waals surface area contributed by atoms with Crippen molar-refractivity contribution in [3.8, 4) is 0 Å². The number of rotatable bonds is 7. The van der Waals surface area contributed by atoms with Crippen molar-refractivity contribution in [1.29, 1.82) is 0 Å². The molecule has 1 amide bonds. The van der Waals surface area contributed by atoms with Crippen molar-refractivity contribution in [1.82, 2.24) is 20.1 Å². The number of nitrogens with two attached hydrogens (primary N) is 1. The molecule has 1 atom stereocenters. The van der Waals surface area contributed by atoms with Crippen LogP contribution in [-0.4, -0.2) is 32.5 Å². The maximum atomic E-state index is 11.8. The van der Waals surface area contributed by atoms with Crippen molar-refractivity contribution in [2.24, 2.45) is 5.92 Å². The summed E-state index contributed by atoms with van der Waals surface area (Å²) in [6.45, 7) is 10.3. The monoisotopic (exact) mass is 283 g/mol. The van der Waals surface area contributed by atoms with Crippen molar-refractivity contribution < 1.29 is 4.79 Å². The maximum Gasteiger partial charge on any atom is 0.230 e. The summed E-state index contributed by atoms with van der Waals surface area (Å²) in [4.78, 5) is 11.8. The highest BCUT2D eigenvalue weighted by molar-refractivity contribution is 7.99. The van der Waals surface area contributed by atoms with E-state index in [1.165, 1.54) is 11.8 Å². The summed E-state index contributed by atoms with van der Waals surface area (Å²) in [6, 6.07) is 0.157. The topological polar surface area (TPSA) is 85.8 Å². The molecule has 0 radical (unpaired) electrons. The first kappa shape index (κ1) is 15.6. The van der Waals surface area contributed by atoms with Gasteiger partial charge in [-0.15, -0.1) is 16.8 Å². The summed E-state index contributed by atoms with van der Waals surface area (Å²) in [7, 11) is 0. The fourth-order valence-corrected chi connectivity index (χ4v) is 2.07. The molecule has 0 aliphatic heterocycles. The van der Waals surface area contributed by atoms with Gasteiger partial charge in [0.05, 0.1) is 5.75 Å². The third-order valence-corrected chi connectivity index (χ3v) is 3.74. The highest BCUT2D eigenvalue weighted by Gasteiger charge is 2.14. The first-order chi connectivity index (χ1) is 8.95. The highest BCUT2D eigenvalue weighted by Crippen LogP contribution is 2.17. The van der Waals surface area contributed by atoms with Gasteiger partial charge in [-0.05, 0) is 12.8 Å². The molecular weight excluding hydrogens is 262 g/mol. The van der Waals surface area contributed by atoms with E-state index in [2.05, 4.69) is 35.9 Å². The largest absolute Gasteiger partial charge is 0.368 e. The summed E-state index contributed by atoms with van der Waals surface area (Å²) >= 11 is 1.32. The van der Waals surface area contributed by atoms with Crippen molar-refractivity contribution in [2.75, 3.05) is 11.5 Å². The number of carbonyl (C=O) groups excluding carboxylic acids is 1. The molecule has 0 saturated heterocycles. The van der Waals surface area contributed by atoms with E-state index in [0.29, 0.717) is 29.3 Å². The molecule has 0 spiro atoms. The number of amides is 1. The molecule has 0 bridgehead atoms. The predicted molar refractivity (Wildman–Crippen MR) is 77.8 cm³/mol. The molecule has 106 valence electrons. The van der Waals surface area contributed by atoms with E-state index in [0.717, 1.165) is 0 Å². The van der Waals surface area contributed by atoms with Crippen LogP contribution in [0.2, 0.25) is 0 Å². The van der Waals surface area contributed by atoms with Crippen LogP contribution in [0.3, 0.4) is 0 Å². The van der Waals surface area contributed by atoms with Crippen LogP contribution in [0.25, 0.3) is 0 Å². The Hall–Kier alpha value is -1.50. The number of nitrogens with one attached hydrogen (secondary N) is 1. The van der Waals surface area contributed by atoms with Gasteiger partial charge in [-0.1, -0.05) is 31.7 Å².